The fourth-order valence-electron chi connectivity index (χ4n) is 2.82. The fourth-order valence-corrected chi connectivity index (χ4v) is 2.82. The second-order valence-corrected chi connectivity index (χ2v) is 5.72. The van der Waals surface area contributed by atoms with Crippen LogP contribution in [0.25, 0.3) is 0 Å². The third-order valence-electron chi connectivity index (χ3n) is 4.06. The summed E-state index contributed by atoms with van der Waals surface area (Å²) in [6, 6.07) is 0. The van der Waals surface area contributed by atoms with Gasteiger partial charge >= 0.3 is 5.97 Å². The van der Waals surface area contributed by atoms with E-state index >= 15 is 0 Å². The van der Waals surface area contributed by atoms with Crippen molar-refractivity contribution in [3.8, 4) is 23.0 Å². The molecule has 0 aromatic heterocycles. The molecule has 0 fully saturated rings. The van der Waals surface area contributed by atoms with E-state index in [4.69, 9.17) is 23.7 Å². The maximum absolute atomic E-state index is 11.6. The van der Waals surface area contributed by atoms with Crippen molar-refractivity contribution in [1.29, 1.82) is 0 Å². The van der Waals surface area contributed by atoms with E-state index in [1.54, 1.807) is 14.2 Å². The molecule has 0 aliphatic rings. The lowest BCUT2D eigenvalue weighted by Gasteiger charge is -2.21. The van der Waals surface area contributed by atoms with Crippen LogP contribution >= 0.6 is 0 Å². The highest BCUT2D eigenvalue weighted by Crippen LogP contribution is 2.49. The molecule has 0 aliphatic carbocycles. The Labute approximate surface area is 163 Å². The molecule has 0 saturated heterocycles. The maximum atomic E-state index is 11.6. The number of carbonyl (C=O) groups is 1. The van der Waals surface area contributed by atoms with Gasteiger partial charge in [0.2, 0.25) is 11.5 Å². The first kappa shape index (κ1) is 23.1. The van der Waals surface area contributed by atoms with Crippen LogP contribution in [0.4, 0.5) is 0 Å². The summed E-state index contributed by atoms with van der Waals surface area (Å²) in [6.07, 6.45) is 1.39. The molecule has 0 heterocycles. The first-order valence-electron chi connectivity index (χ1n) is 8.69. The monoisotopic (exact) mass is 401 g/mol. The van der Waals surface area contributed by atoms with Crippen LogP contribution in [-0.4, -0.2) is 52.7 Å². The van der Waals surface area contributed by atoms with E-state index in [1.165, 1.54) is 14.2 Å². The molecule has 1 rings (SSSR count). The molecule has 0 unspecified atom stereocenters. The molecule has 0 amide bonds. The van der Waals surface area contributed by atoms with Crippen LogP contribution < -0.4 is 18.9 Å². The van der Waals surface area contributed by atoms with Crippen molar-refractivity contribution in [2.75, 3.05) is 41.7 Å². The lowest BCUT2D eigenvalue weighted by molar-refractivity contribution is -0.757. The average Bonchev–Trinajstić information content (AvgIpc) is 2.68. The number of rotatable bonds is 13. The van der Waals surface area contributed by atoms with Gasteiger partial charge in [-0.15, -0.1) is 10.1 Å². The normalized spacial score (nSPS) is 10.2. The van der Waals surface area contributed by atoms with E-state index in [9.17, 15) is 14.9 Å². The van der Waals surface area contributed by atoms with Crippen molar-refractivity contribution in [2.45, 2.75) is 32.6 Å². The Balaban J connectivity index is 2.71. The molecule has 10 nitrogen and oxygen atoms in total. The minimum atomic E-state index is -0.890. The first-order chi connectivity index (χ1) is 13.4. The summed E-state index contributed by atoms with van der Waals surface area (Å²) in [5.41, 5.74) is 1.72. The molecule has 0 bridgehead atoms. The summed E-state index contributed by atoms with van der Waals surface area (Å²) in [5.74, 6) is 1.55. The van der Waals surface area contributed by atoms with E-state index in [1.807, 2.05) is 6.92 Å². The van der Waals surface area contributed by atoms with Gasteiger partial charge < -0.3 is 28.5 Å². The zero-order chi connectivity index (χ0) is 21.1. The van der Waals surface area contributed by atoms with Gasteiger partial charge in [-0.1, -0.05) is 0 Å². The number of benzene rings is 1. The molecular formula is C18H27NO9. The van der Waals surface area contributed by atoms with Gasteiger partial charge in [-0.3, -0.25) is 4.79 Å². The Bertz CT molecular complexity index is 676. The van der Waals surface area contributed by atoms with Gasteiger partial charge in [0.1, 0.15) is 0 Å². The SMILES string of the molecule is COc1c(C)c(CCCOC(=O)CCCO[N+](=O)[O-])c(OC)c(OC)c1OC. The third-order valence-corrected chi connectivity index (χ3v) is 4.06. The van der Waals surface area contributed by atoms with Crippen LogP contribution in [0.2, 0.25) is 0 Å². The smallest absolute Gasteiger partial charge is 0.305 e. The molecular weight excluding hydrogens is 374 g/mol. The topological polar surface area (TPSA) is 116 Å². The molecule has 10 heteroatoms. The van der Waals surface area contributed by atoms with Crippen molar-refractivity contribution in [3.63, 3.8) is 0 Å². The van der Waals surface area contributed by atoms with E-state index < -0.39 is 11.1 Å². The van der Waals surface area contributed by atoms with Crippen LogP contribution in [0.15, 0.2) is 0 Å². The summed E-state index contributed by atoms with van der Waals surface area (Å²) in [7, 11) is 6.13. The first-order valence-corrected chi connectivity index (χ1v) is 8.69. The van der Waals surface area contributed by atoms with Crippen molar-refractivity contribution < 1.29 is 38.4 Å². The van der Waals surface area contributed by atoms with E-state index in [-0.39, 0.29) is 26.1 Å². The number of methoxy groups -OCH3 is 4. The maximum Gasteiger partial charge on any atom is 0.305 e. The fraction of sp³-hybridized carbons (Fsp3) is 0.611. The van der Waals surface area contributed by atoms with Crippen LogP contribution in [0.5, 0.6) is 23.0 Å². The zero-order valence-electron chi connectivity index (χ0n) is 16.9. The number of esters is 1. The van der Waals surface area contributed by atoms with Gasteiger partial charge in [0.25, 0.3) is 5.09 Å². The second kappa shape index (κ2) is 11.7. The van der Waals surface area contributed by atoms with Gasteiger partial charge in [0.05, 0.1) is 41.7 Å². The molecule has 0 aliphatic heterocycles. The summed E-state index contributed by atoms with van der Waals surface area (Å²) >= 11 is 0. The van der Waals surface area contributed by atoms with Crippen molar-refractivity contribution in [1.82, 2.24) is 0 Å². The number of carbonyl (C=O) groups excluding carboxylic acids is 1. The van der Waals surface area contributed by atoms with Crippen molar-refractivity contribution >= 4 is 5.97 Å². The average molecular weight is 401 g/mol. The lowest BCUT2D eigenvalue weighted by atomic mass is 10.00. The van der Waals surface area contributed by atoms with Crippen LogP contribution in [-0.2, 0) is 20.8 Å². The predicted octanol–water partition coefficient (Wildman–Crippen LogP) is 2.49. The molecule has 0 N–H and O–H groups in total. The molecule has 0 radical (unpaired) electrons. The zero-order valence-corrected chi connectivity index (χ0v) is 16.9. The molecule has 28 heavy (non-hydrogen) atoms. The van der Waals surface area contributed by atoms with Gasteiger partial charge in [-0.25, -0.2) is 0 Å². The molecule has 0 spiro atoms. The van der Waals surface area contributed by atoms with Gasteiger partial charge in [-0.05, 0) is 26.2 Å². The predicted molar refractivity (Wildman–Crippen MR) is 98.8 cm³/mol. The Morgan fingerprint density at radius 3 is 2.00 bits per heavy atom. The van der Waals surface area contributed by atoms with Crippen molar-refractivity contribution in [2.24, 2.45) is 0 Å². The largest absolute Gasteiger partial charge is 0.492 e. The number of hydrogen-bond acceptors (Lipinski definition) is 9. The summed E-state index contributed by atoms with van der Waals surface area (Å²) in [4.78, 5) is 25.8. The highest BCUT2D eigenvalue weighted by molar-refractivity contribution is 5.69. The minimum absolute atomic E-state index is 0.0559. The molecule has 0 saturated carbocycles. The number of ether oxygens (including phenoxy) is 5. The van der Waals surface area contributed by atoms with E-state index in [0.717, 1.165) is 11.1 Å². The Hall–Kier alpha value is -2.91. The molecule has 158 valence electrons. The highest BCUT2D eigenvalue weighted by atomic mass is 16.9. The second-order valence-electron chi connectivity index (χ2n) is 5.72. The number of nitrogens with zero attached hydrogens (tertiary/aromatic N) is 1. The van der Waals surface area contributed by atoms with E-state index in [2.05, 4.69) is 4.84 Å². The summed E-state index contributed by atoms with van der Waals surface area (Å²) in [5, 5.41) is 9.14. The Kier molecular flexibility index (Phi) is 9.69. The van der Waals surface area contributed by atoms with Gasteiger partial charge in [-0.2, -0.15) is 0 Å². The third kappa shape index (κ3) is 6.07. The molecule has 1 aromatic carbocycles. The Morgan fingerprint density at radius 2 is 1.46 bits per heavy atom. The summed E-state index contributed by atoms with van der Waals surface area (Å²) < 4.78 is 27.0. The lowest BCUT2D eigenvalue weighted by Crippen LogP contribution is -2.10. The van der Waals surface area contributed by atoms with E-state index in [0.29, 0.717) is 35.8 Å². The van der Waals surface area contributed by atoms with Gasteiger partial charge in [0.15, 0.2) is 11.5 Å². The Morgan fingerprint density at radius 1 is 0.893 bits per heavy atom. The van der Waals surface area contributed by atoms with Crippen molar-refractivity contribution in [3.05, 3.63) is 21.2 Å². The van der Waals surface area contributed by atoms with Gasteiger partial charge in [0, 0.05) is 17.5 Å². The highest BCUT2D eigenvalue weighted by Gasteiger charge is 2.25. The molecule has 0 atom stereocenters. The van der Waals surface area contributed by atoms with Crippen LogP contribution in [0, 0.1) is 17.0 Å². The summed E-state index contributed by atoms with van der Waals surface area (Å²) in [6.45, 7) is 1.96. The number of hydrogen-bond donors (Lipinski definition) is 0. The van der Waals surface area contributed by atoms with Crippen LogP contribution in [0.1, 0.15) is 30.4 Å². The molecule has 1 aromatic rings. The standard InChI is InChI=1S/C18H27NO9/c1-12-13(8-6-10-27-14(20)9-7-11-28-19(21)22)16(24-3)18(26-5)17(25-4)15(12)23-2/h6-11H2,1-5H3. The quantitative estimate of drug-likeness (QED) is 0.213. The van der Waals surface area contributed by atoms with Crippen LogP contribution in [0.3, 0.4) is 0 Å². The minimum Gasteiger partial charge on any atom is -0.492 e.